The molecule has 0 bridgehead atoms. The minimum absolute atomic E-state index is 0.112. The predicted octanol–water partition coefficient (Wildman–Crippen LogP) is 1.37. The minimum Gasteiger partial charge on any atom is -0.449 e. The number of carbonyl (C=O) groups is 1. The number of benzene rings is 1. The average Bonchev–Trinajstić information content (AvgIpc) is 2.68. The van der Waals surface area contributed by atoms with Crippen LogP contribution in [0.25, 0.3) is 0 Å². The number of fused-ring (bicyclic) bond motifs is 1. The Morgan fingerprint density at radius 3 is 2.80 bits per heavy atom. The number of nitrogens with one attached hydrogen (secondary N) is 2. The summed E-state index contributed by atoms with van der Waals surface area (Å²) in [6.45, 7) is 5.13. The van der Waals surface area contributed by atoms with Gasteiger partial charge in [0.15, 0.2) is 11.5 Å². The maximum absolute atomic E-state index is 11.7. The molecule has 0 aromatic heterocycles. The molecule has 1 aromatic rings. The van der Waals surface area contributed by atoms with E-state index < -0.39 is 5.79 Å². The Kier molecular flexibility index (Phi) is 4.46. The quantitative estimate of drug-likeness (QED) is 0.770. The fourth-order valence-corrected chi connectivity index (χ4v) is 1.88. The molecule has 6 nitrogen and oxygen atoms in total. The Hall–Kier alpha value is -1.79. The minimum atomic E-state index is -0.660. The Morgan fingerprint density at radius 2 is 2.05 bits per heavy atom. The van der Waals surface area contributed by atoms with Crippen LogP contribution in [0.1, 0.15) is 13.8 Å². The zero-order chi connectivity index (χ0) is 14.6. The first kappa shape index (κ1) is 14.6. The molecule has 0 saturated heterocycles. The largest absolute Gasteiger partial charge is 0.449 e. The van der Waals surface area contributed by atoms with E-state index >= 15 is 0 Å². The third-order valence-electron chi connectivity index (χ3n) is 2.71. The molecular formula is C14H20N2O4. The van der Waals surface area contributed by atoms with Gasteiger partial charge in [-0.05, 0) is 12.1 Å². The topological polar surface area (TPSA) is 68.8 Å². The van der Waals surface area contributed by atoms with Gasteiger partial charge in [-0.3, -0.25) is 4.79 Å². The van der Waals surface area contributed by atoms with E-state index in [1.54, 1.807) is 25.3 Å². The van der Waals surface area contributed by atoms with Crippen LogP contribution in [0.3, 0.4) is 0 Å². The SMILES string of the molecule is COCCNCC(=O)Nc1ccc2c(c1)OC(C)(C)O2. The summed E-state index contributed by atoms with van der Waals surface area (Å²) in [5.74, 6) is 0.553. The van der Waals surface area contributed by atoms with Crippen molar-refractivity contribution in [1.82, 2.24) is 5.32 Å². The zero-order valence-electron chi connectivity index (χ0n) is 12.0. The van der Waals surface area contributed by atoms with Crippen LogP contribution in [0.2, 0.25) is 0 Å². The lowest BCUT2D eigenvalue weighted by Gasteiger charge is -2.16. The number of amides is 1. The maximum atomic E-state index is 11.7. The predicted molar refractivity (Wildman–Crippen MR) is 75.2 cm³/mol. The van der Waals surface area contributed by atoms with Gasteiger partial charge < -0.3 is 24.8 Å². The summed E-state index contributed by atoms with van der Waals surface area (Å²) in [6, 6.07) is 5.34. The summed E-state index contributed by atoms with van der Waals surface area (Å²) in [4.78, 5) is 11.7. The molecule has 2 N–H and O–H groups in total. The van der Waals surface area contributed by atoms with Gasteiger partial charge in [0.25, 0.3) is 0 Å². The highest BCUT2D eigenvalue weighted by molar-refractivity contribution is 5.92. The molecule has 1 aromatic carbocycles. The molecule has 1 heterocycles. The maximum Gasteiger partial charge on any atom is 0.246 e. The number of ether oxygens (including phenoxy) is 3. The normalized spacial score (nSPS) is 15.2. The number of hydrogen-bond acceptors (Lipinski definition) is 5. The van der Waals surface area contributed by atoms with Crippen molar-refractivity contribution in [1.29, 1.82) is 0 Å². The molecule has 1 amide bonds. The molecule has 20 heavy (non-hydrogen) atoms. The Morgan fingerprint density at radius 1 is 1.30 bits per heavy atom. The van der Waals surface area contributed by atoms with Crippen molar-refractivity contribution in [2.45, 2.75) is 19.6 Å². The number of rotatable bonds is 6. The van der Waals surface area contributed by atoms with Crippen LogP contribution in [0.4, 0.5) is 5.69 Å². The summed E-state index contributed by atoms with van der Waals surface area (Å²) in [6.07, 6.45) is 0. The van der Waals surface area contributed by atoms with Crippen LogP contribution in [0, 0.1) is 0 Å². The molecule has 1 aliphatic rings. The number of carbonyl (C=O) groups excluding carboxylic acids is 1. The van der Waals surface area contributed by atoms with Crippen molar-refractivity contribution >= 4 is 11.6 Å². The molecule has 0 radical (unpaired) electrons. The summed E-state index contributed by atoms with van der Waals surface area (Å²) in [7, 11) is 1.62. The Labute approximate surface area is 118 Å². The van der Waals surface area contributed by atoms with Gasteiger partial charge in [-0.2, -0.15) is 0 Å². The van der Waals surface area contributed by atoms with E-state index in [0.717, 1.165) is 0 Å². The molecule has 1 aliphatic heterocycles. The van der Waals surface area contributed by atoms with E-state index in [1.807, 2.05) is 13.8 Å². The van der Waals surface area contributed by atoms with Crippen LogP contribution in [0.5, 0.6) is 11.5 Å². The summed E-state index contributed by atoms with van der Waals surface area (Å²) >= 11 is 0. The van der Waals surface area contributed by atoms with Crippen molar-refractivity contribution < 1.29 is 19.0 Å². The molecule has 0 aliphatic carbocycles. The molecule has 0 unspecified atom stereocenters. The average molecular weight is 280 g/mol. The number of anilines is 1. The molecule has 0 spiro atoms. The Bertz CT molecular complexity index is 488. The molecule has 110 valence electrons. The van der Waals surface area contributed by atoms with Crippen molar-refractivity contribution in [3.05, 3.63) is 18.2 Å². The standard InChI is InChI=1S/C14H20N2O4/c1-14(2)19-11-5-4-10(8-12(11)20-14)16-13(17)9-15-6-7-18-3/h4-5,8,15H,6-7,9H2,1-3H3,(H,16,17). The third-order valence-corrected chi connectivity index (χ3v) is 2.71. The van der Waals surface area contributed by atoms with Gasteiger partial charge in [-0.15, -0.1) is 0 Å². The highest BCUT2D eigenvalue weighted by Crippen LogP contribution is 2.40. The van der Waals surface area contributed by atoms with E-state index in [2.05, 4.69) is 10.6 Å². The number of methoxy groups -OCH3 is 1. The van der Waals surface area contributed by atoms with Crippen LogP contribution < -0.4 is 20.1 Å². The van der Waals surface area contributed by atoms with Gasteiger partial charge in [-0.1, -0.05) is 0 Å². The van der Waals surface area contributed by atoms with Gasteiger partial charge in [0, 0.05) is 39.3 Å². The first-order valence-corrected chi connectivity index (χ1v) is 6.52. The monoisotopic (exact) mass is 280 g/mol. The molecule has 2 rings (SSSR count). The van der Waals surface area contributed by atoms with Crippen LogP contribution in [-0.2, 0) is 9.53 Å². The zero-order valence-corrected chi connectivity index (χ0v) is 12.0. The summed E-state index contributed by atoms with van der Waals surface area (Å²) in [5.41, 5.74) is 0.684. The molecular weight excluding hydrogens is 260 g/mol. The van der Waals surface area contributed by atoms with Gasteiger partial charge in [0.1, 0.15) is 0 Å². The van der Waals surface area contributed by atoms with Crippen LogP contribution >= 0.6 is 0 Å². The lowest BCUT2D eigenvalue weighted by Crippen LogP contribution is -2.30. The second kappa shape index (κ2) is 6.11. The van der Waals surface area contributed by atoms with Gasteiger partial charge in [-0.25, -0.2) is 0 Å². The first-order chi connectivity index (χ1) is 9.50. The van der Waals surface area contributed by atoms with E-state index in [9.17, 15) is 4.79 Å². The highest BCUT2D eigenvalue weighted by Gasteiger charge is 2.31. The van der Waals surface area contributed by atoms with Crippen molar-refractivity contribution in [3.8, 4) is 11.5 Å². The smallest absolute Gasteiger partial charge is 0.246 e. The van der Waals surface area contributed by atoms with Crippen molar-refractivity contribution in [2.24, 2.45) is 0 Å². The second-order valence-corrected chi connectivity index (χ2v) is 4.98. The molecule has 0 atom stereocenters. The lowest BCUT2D eigenvalue weighted by molar-refractivity contribution is -0.115. The molecule has 6 heteroatoms. The summed E-state index contributed by atoms with van der Waals surface area (Å²) in [5, 5.41) is 5.78. The lowest BCUT2D eigenvalue weighted by atomic mass is 10.3. The van der Waals surface area contributed by atoms with Crippen molar-refractivity contribution in [2.75, 3.05) is 32.1 Å². The van der Waals surface area contributed by atoms with E-state index in [1.165, 1.54) is 0 Å². The van der Waals surface area contributed by atoms with Crippen LogP contribution in [-0.4, -0.2) is 38.5 Å². The first-order valence-electron chi connectivity index (χ1n) is 6.52. The van der Waals surface area contributed by atoms with Crippen LogP contribution in [0.15, 0.2) is 18.2 Å². The Balaban J connectivity index is 1.87. The third kappa shape index (κ3) is 3.85. The summed E-state index contributed by atoms with van der Waals surface area (Å²) < 4.78 is 16.1. The van der Waals surface area contributed by atoms with Gasteiger partial charge in [0.05, 0.1) is 13.2 Å². The second-order valence-electron chi connectivity index (χ2n) is 4.98. The van der Waals surface area contributed by atoms with Gasteiger partial charge in [0.2, 0.25) is 11.7 Å². The number of hydrogen-bond donors (Lipinski definition) is 2. The fourth-order valence-electron chi connectivity index (χ4n) is 1.88. The fraction of sp³-hybridized carbons (Fsp3) is 0.500. The molecule has 0 saturated carbocycles. The van der Waals surface area contributed by atoms with E-state index in [4.69, 9.17) is 14.2 Å². The molecule has 0 fully saturated rings. The van der Waals surface area contributed by atoms with Gasteiger partial charge >= 0.3 is 0 Å². The highest BCUT2D eigenvalue weighted by atomic mass is 16.7. The van der Waals surface area contributed by atoms with E-state index in [0.29, 0.717) is 30.3 Å². The van der Waals surface area contributed by atoms with Crippen molar-refractivity contribution in [3.63, 3.8) is 0 Å². The van der Waals surface area contributed by atoms with E-state index in [-0.39, 0.29) is 12.5 Å².